The van der Waals surface area contributed by atoms with E-state index in [2.05, 4.69) is 52.9 Å². The van der Waals surface area contributed by atoms with E-state index < -0.39 is 0 Å². The van der Waals surface area contributed by atoms with Gasteiger partial charge in [0.05, 0.1) is 11.8 Å². The number of unbranched alkanes of at least 4 members (excludes halogenated alkanes) is 1. The predicted molar refractivity (Wildman–Crippen MR) is 86.4 cm³/mol. The molecule has 0 saturated carbocycles. The number of hydrogen-bond acceptors (Lipinski definition) is 5. The average Bonchev–Trinajstić information content (AvgIpc) is 2.85. The van der Waals surface area contributed by atoms with E-state index in [1.54, 1.807) is 7.05 Å². The summed E-state index contributed by atoms with van der Waals surface area (Å²) in [4.78, 5) is 13.6. The summed E-state index contributed by atoms with van der Waals surface area (Å²) in [5.41, 5.74) is 0. The van der Waals surface area contributed by atoms with Crippen LogP contribution in [0.1, 0.15) is 45.0 Å². The summed E-state index contributed by atoms with van der Waals surface area (Å²) in [6.45, 7) is 5.23. The van der Waals surface area contributed by atoms with Gasteiger partial charge in [-0.3, -0.25) is 9.69 Å². The Kier molecular flexibility index (Phi) is 7.74. The normalized spacial score (nSPS) is 12.7. The standard InChI is InChI=1S/C14H27N5OS/c1-6-8-9-19-13(11(7-2)18(4)5)16-17-14(19)21-10-12(20)15-3/h11H,6-10H2,1-5H3,(H,15,20). The van der Waals surface area contributed by atoms with Crippen LogP contribution in [0, 0.1) is 0 Å². The van der Waals surface area contributed by atoms with Crippen LogP contribution in [0.25, 0.3) is 0 Å². The molecule has 1 unspecified atom stereocenters. The molecule has 0 aliphatic heterocycles. The zero-order valence-electron chi connectivity index (χ0n) is 13.7. The van der Waals surface area contributed by atoms with E-state index in [0.717, 1.165) is 36.8 Å². The maximum Gasteiger partial charge on any atom is 0.230 e. The highest BCUT2D eigenvalue weighted by molar-refractivity contribution is 7.99. The van der Waals surface area contributed by atoms with E-state index in [4.69, 9.17) is 0 Å². The van der Waals surface area contributed by atoms with Crippen molar-refractivity contribution < 1.29 is 4.79 Å². The number of aromatic nitrogens is 3. The topological polar surface area (TPSA) is 63.1 Å². The molecule has 6 nitrogen and oxygen atoms in total. The van der Waals surface area contributed by atoms with Crippen LogP contribution in [-0.4, -0.2) is 52.5 Å². The first-order valence-corrected chi connectivity index (χ1v) is 8.46. The molecule has 1 rings (SSSR count). The van der Waals surface area contributed by atoms with Crippen molar-refractivity contribution in [2.75, 3.05) is 26.9 Å². The molecule has 1 amide bonds. The van der Waals surface area contributed by atoms with Crippen molar-refractivity contribution in [2.24, 2.45) is 0 Å². The molecule has 7 heteroatoms. The van der Waals surface area contributed by atoms with Crippen molar-refractivity contribution in [1.29, 1.82) is 0 Å². The molecule has 1 heterocycles. The third-order valence-electron chi connectivity index (χ3n) is 3.40. The number of hydrogen-bond donors (Lipinski definition) is 1. The third-order valence-corrected chi connectivity index (χ3v) is 4.37. The summed E-state index contributed by atoms with van der Waals surface area (Å²) in [7, 11) is 5.77. The Morgan fingerprint density at radius 2 is 2.10 bits per heavy atom. The van der Waals surface area contributed by atoms with E-state index in [0.29, 0.717) is 5.75 Å². The van der Waals surface area contributed by atoms with Crippen LogP contribution < -0.4 is 5.32 Å². The fourth-order valence-electron chi connectivity index (χ4n) is 2.16. The minimum Gasteiger partial charge on any atom is -0.358 e. The van der Waals surface area contributed by atoms with Gasteiger partial charge in [0.2, 0.25) is 5.91 Å². The van der Waals surface area contributed by atoms with Gasteiger partial charge in [-0.1, -0.05) is 32.0 Å². The average molecular weight is 313 g/mol. The number of nitrogens with one attached hydrogen (secondary N) is 1. The van der Waals surface area contributed by atoms with Gasteiger partial charge in [-0.15, -0.1) is 10.2 Å². The summed E-state index contributed by atoms with van der Waals surface area (Å²) >= 11 is 1.45. The molecular formula is C14H27N5OS. The third kappa shape index (κ3) is 5.00. The Morgan fingerprint density at radius 1 is 1.38 bits per heavy atom. The quantitative estimate of drug-likeness (QED) is 0.706. The van der Waals surface area contributed by atoms with Crippen LogP contribution in [-0.2, 0) is 11.3 Å². The molecule has 0 radical (unpaired) electrons. The number of thioether (sulfide) groups is 1. The molecule has 0 bridgehead atoms. The second-order valence-corrected chi connectivity index (χ2v) is 6.14. The maximum absolute atomic E-state index is 11.4. The van der Waals surface area contributed by atoms with Gasteiger partial charge in [0, 0.05) is 13.6 Å². The van der Waals surface area contributed by atoms with Gasteiger partial charge in [-0.25, -0.2) is 0 Å². The number of carbonyl (C=O) groups excluding carboxylic acids is 1. The predicted octanol–water partition coefficient (Wildman–Crippen LogP) is 1.93. The Hall–Kier alpha value is -1.08. The molecule has 1 aromatic rings. The number of carbonyl (C=O) groups is 1. The van der Waals surface area contributed by atoms with Gasteiger partial charge in [0.1, 0.15) is 0 Å². The van der Waals surface area contributed by atoms with Crippen LogP contribution in [0.2, 0.25) is 0 Å². The Labute approximate surface area is 131 Å². The summed E-state index contributed by atoms with van der Waals surface area (Å²) < 4.78 is 2.17. The summed E-state index contributed by atoms with van der Waals surface area (Å²) in [5.74, 6) is 1.38. The van der Waals surface area contributed by atoms with E-state index in [-0.39, 0.29) is 11.9 Å². The minimum atomic E-state index is 0.00578. The van der Waals surface area contributed by atoms with Crippen molar-refractivity contribution in [3.8, 4) is 0 Å². The zero-order valence-corrected chi connectivity index (χ0v) is 14.5. The molecule has 0 aliphatic carbocycles. The molecule has 1 atom stereocenters. The molecular weight excluding hydrogens is 286 g/mol. The van der Waals surface area contributed by atoms with E-state index in [9.17, 15) is 4.79 Å². The number of rotatable bonds is 9. The first kappa shape index (κ1) is 18.0. The summed E-state index contributed by atoms with van der Waals surface area (Å²) in [6.07, 6.45) is 3.19. The molecule has 0 spiro atoms. The lowest BCUT2D eigenvalue weighted by atomic mass is 10.2. The van der Waals surface area contributed by atoms with Crippen LogP contribution in [0.15, 0.2) is 5.16 Å². The lowest BCUT2D eigenvalue weighted by Gasteiger charge is -2.23. The Balaban J connectivity index is 2.97. The summed E-state index contributed by atoms with van der Waals surface area (Å²) in [5, 5.41) is 12.1. The van der Waals surface area contributed by atoms with Crippen LogP contribution >= 0.6 is 11.8 Å². The lowest BCUT2D eigenvalue weighted by molar-refractivity contribution is -0.118. The van der Waals surface area contributed by atoms with Gasteiger partial charge >= 0.3 is 0 Å². The fraction of sp³-hybridized carbons (Fsp3) is 0.786. The fourth-order valence-corrected chi connectivity index (χ4v) is 3.00. The molecule has 1 N–H and O–H groups in total. The highest BCUT2D eigenvalue weighted by Gasteiger charge is 2.21. The molecule has 1 aromatic heterocycles. The highest BCUT2D eigenvalue weighted by Crippen LogP contribution is 2.25. The van der Waals surface area contributed by atoms with Crippen LogP contribution in [0.3, 0.4) is 0 Å². The molecule has 0 saturated heterocycles. The van der Waals surface area contributed by atoms with Crippen molar-refractivity contribution in [3.05, 3.63) is 5.82 Å². The molecule has 21 heavy (non-hydrogen) atoms. The van der Waals surface area contributed by atoms with Crippen molar-refractivity contribution in [1.82, 2.24) is 25.0 Å². The first-order valence-electron chi connectivity index (χ1n) is 7.47. The lowest BCUT2D eigenvalue weighted by Crippen LogP contribution is -2.23. The van der Waals surface area contributed by atoms with E-state index >= 15 is 0 Å². The van der Waals surface area contributed by atoms with Crippen LogP contribution in [0.5, 0.6) is 0 Å². The highest BCUT2D eigenvalue weighted by atomic mass is 32.2. The maximum atomic E-state index is 11.4. The van der Waals surface area contributed by atoms with Crippen LogP contribution in [0.4, 0.5) is 0 Å². The number of nitrogens with zero attached hydrogens (tertiary/aromatic N) is 4. The van der Waals surface area contributed by atoms with Gasteiger partial charge in [-0.05, 0) is 26.9 Å². The van der Waals surface area contributed by atoms with E-state index in [1.165, 1.54) is 11.8 Å². The molecule has 0 fully saturated rings. The minimum absolute atomic E-state index is 0.00578. The molecule has 0 aliphatic rings. The molecule has 0 aromatic carbocycles. The van der Waals surface area contributed by atoms with Crippen molar-refractivity contribution in [2.45, 2.75) is 50.9 Å². The largest absolute Gasteiger partial charge is 0.358 e. The van der Waals surface area contributed by atoms with Gasteiger partial charge < -0.3 is 9.88 Å². The number of amides is 1. The van der Waals surface area contributed by atoms with Crippen molar-refractivity contribution in [3.63, 3.8) is 0 Å². The van der Waals surface area contributed by atoms with Crippen molar-refractivity contribution >= 4 is 17.7 Å². The monoisotopic (exact) mass is 313 g/mol. The zero-order chi connectivity index (χ0) is 15.8. The van der Waals surface area contributed by atoms with Gasteiger partial charge in [0.25, 0.3) is 0 Å². The molecule has 120 valence electrons. The van der Waals surface area contributed by atoms with Gasteiger partial charge in [0.15, 0.2) is 11.0 Å². The second-order valence-electron chi connectivity index (χ2n) is 5.20. The smallest absolute Gasteiger partial charge is 0.230 e. The second kappa shape index (κ2) is 9.04. The van der Waals surface area contributed by atoms with E-state index in [1.807, 2.05) is 0 Å². The van der Waals surface area contributed by atoms with Gasteiger partial charge in [-0.2, -0.15) is 0 Å². The first-order chi connectivity index (χ1) is 10.0. The Bertz CT molecular complexity index is 447. The Morgan fingerprint density at radius 3 is 2.62 bits per heavy atom. The summed E-state index contributed by atoms with van der Waals surface area (Å²) in [6, 6.07) is 0.253. The SMILES string of the molecule is CCCCn1c(SCC(=O)NC)nnc1C(CC)N(C)C.